The Hall–Kier alpha value is -1.32. The summed E-state index contributed by atoms with van der Waals surface area (Å²) in [5.41, 5.74) is -1.05. The molecule has 4 heteroatoms. The minimum Gasteiger partial charge on any atom is -0.463 e. The zero-order chi connectivity index (χ0) is 12.7. The largest absolute Gasteiger partial charge is 0.463 e. The van der Waals surface area contributed by atoms with Crippen LogP contribution < -0.4 is 0 Å². The molecule has 1 aliphatic rings. The minimum absolute atomic E-state index is 0.303. The molecule has 1 fully saturated rings. The van der Waals surface area contributed by atoms with Crippen molar-refractivity contribution in [2.75, 3.05) is 6.61 Å². The van der Waals surface area contributed by atoms with Gasteiger partial charge in [-0.25, -0.2) is 4.79 Å². The lowest BCUT2D eigenvalue weighted by Gasteiger charge is -2.34. The average molecular weight is 240 g/mol. The summed E-state index contributed by atoms with van der Waals surface area (Å²) in [6.07, 6.45) is 5.53. The van der Waals surface area contributed by atoms with Crippen LogP contribution in [-0.2, 0) is 19.1 Å². The molecule has 1 heterocycles. The van der Waals surface area contributed by atoms with Crippen LogP contribution in [0, 0.1) is 0 Å². The molecule has 0 aromatic carbocycles. The predicted octanol–water partition coefficient (Wildman–Crippen LogP) is 2.37. The van der Waals surface area contributed by atoms with Crippen LogP contribution in [-0.4, -0.2) is 24.1 Å². The van der Waals surface area contributed by atoms with E-state index in [-0.39, 0.29) is 5.97 Å². The third kappa shape index (κ3) is 3.58. The Kier molecular flexibility index (Phi) is 5.19. The van der Waals surface area contributed by atoms with Gasteiger partial charge < -0.3 is 9.47 Å². The van der Waals surface area contributed by atoms with Crippen molar-refractivity contribution in [3.05, 3.63) is 12.7 Å². The van der Waals surface area contributed by atoms with Gasteiger partial charge in [-0.3, -0.25) is 4.79 Å². The Labute approximate surface area is 102 Å². The van der Waals surface area contributed by atoms with Gasteiger partial charge >= 0.3 is 11.9 Å². The highest BCUT2D eigenvalue weighted by molar-refractivity contribution is 5.84. The maximum Gasteiger partial charge on any atom is 0.350 e. The molecule has 1 atom stereocenters. The second-order valence-electron chi connectivity index (χ2n) is 4.22. The molecule has 1 unspecified atom stereocenters. The third-order valence-electron chi connectivity index (χ3n) is 2.91. The van der Waals surface area contributed by atoms with Crippen LogP contribution in [0.25, 0.3) is 0 Å². The summed E-state index contributed by atoms with van der Waals surface area (Å²) >= 11 is 0. The van der Waals surface area contributed by atoms with Crippen LogP contribution in [0.3, 0.4) is 0 Å². The van der Waals surface area contributed by atoms with E-state index in [4.69, 9.17) is 9.47 Å². The number of allylic oxidation sites excluding steroid dienone is 1. The molecule has 96 valence electrons. The molecule has 1 aliphatic heterocycles. The highest BCUT2D eigenvalue weighted by Crippen LogP contribution is 2.32. The van der Waals surface area contributed by atoms with Gasteiger partial charge in [0.1, 0.15) is 0 Å². The Bertz CT molecular complexity index is 298. The van der Waals surface area contributed by atoms with Crippen LogP contribution in [0.5, 0.6) is 0 Å². The number of rotatable bonds is 6. The summed E-state index contributed by atoms with van der Waals surface area (Å²) in [5.74, 6) is -0.708. The second-order valence-corrected chi connectivity index (χ2v) is 4.22. The smallest absolute Gasteiger partial charge is 0.350 e. The number of carbonyl (C=O) groups is 2. The van der Waals surface area contributed by atoms with E-state index in [1.54, 1.807) is 13.0 Å². The number of ether oxygens (including phenoxy) is 2. The van der Waals surface area contributed by atoms with Gasteiger partial charge in [0.25, 0.3) is 0 Å². The van der Waals surface area contributed by atoms with Crippen LogP contribution in [0.4, 0.5) is 0 Å². The molecule has 0 aliphatic carbocycles. The molecule has 0 bridgehead atoms. The second kappa shape index (κ2) is 6.42. The molecule has 0 N–H and O–H groups in total. The number of carbonyl (C=O) groups excluding carboxylic acids is 2. The van der Waals surface area contributed by atoms with Crippen LogP contribution in [0.15, 0.2) is 12.7 Å². The predicted molar refractivity (Wildman–Crippen MR) is 63.4 cm³/mol. The minimum atomic E-state index is -1.05. The summed E-state index contributed by atoms with van der Waals surface area (Å²) in [7, 11) is 0. The normalized spacial score (nSPS) is 23.9. The molecule has 0 aromatic heterocycles. The summed E-state index contributed by atoms with van der Waals surface area (Å²) in [6, 6.07) is 0. The fraction of sp³-hybridized carbons (Fsp3) is 0.692. The van der Waals surface area contributed by atoms with E-state index in [1.165, 1.54) is 0 Å². The van der Waals surface area contributed by atoms with Gasteiger partial charge in [-0.1, -0.05) is 6.08 Å². The Morgan fingerprint density at radius 1 is 1.65 bits per heavy atom. The maximum atomic E-state index is 11.9. The molecule has 1 saturated heterocycles. The number of esters is 2. The SMILES string of the molecule is C=CCCCC1(C(=O)OCC)CCCC(=O)O1. The molecule has 0 spiro atoms. The summed E-state index contributed by atoms with van der Waals surface area (Å²) in [5, 5.41) is 0. The Balaban J connectivity index is 2.71. The topological polar surface area (TPSA) is 52.6 Å². The standard InChI is InChI=1S/C13H20O4/c1-3-5-6-9-13(12(15)16-4-2)10-7-8-11(14)17-13/h3H,1,4-10H2,2H3. The zero-order valence-electron chi connectivity index (χ0n) is 10.4. The molecule has 1 rings (SSSR count). The van der Waals surface area contributed by atoms with E-state index in [1.807, 2.05) is 0 Å². The quantitative estimate of drug-likeness (QED) is 0.406. The first kappa shape index (κ1) is 13.7. The summed E-state index contributed by atoms with van der Waals surface area (Å²) in [6.45, 7) is 5.69. The Morgan fingerprint density at radius 2 is 2.41 bits per heavy atom. The third-order valence-corrected chi connectivity index (χ3v) is 2.91. The van der Waals surface area contributed by atoms with E-state index in [2.05, 4.69) is 6.58 Å². The van der Waals surface area contributed by atoms with Crippen molar-refractivity contribution in [2.45, 2.75) is 51.0 Å². The lowest BCUT2D eigenvalue weighted by Crippen LogP contribution is -2.47. The number of cyclic esters (lactones) is 1. The average Bonchev–Trinajstić information content (AvgIpc) is 2.30. The lowest BCUT2D eigenvalue weighted by atomic mass is 9.88. The van der Waals surface area contributed by atoms with Crippen molar-refractivity contribution in [2.24, 2.45) is 0 Å². The van der Waals surface area contributed by atoms with E-state index in [0.717, 1.165) is 12.8 Å². The van der Waals surface area contributed by atoms with Crippen LogP contribution in [0.2, 0.25) is 0 Å². The maximum absolute atomic E-state index is 11.9. The van der Waals surface area contributed by atoms with Crippen molar-refractivity contribution >= 4 is 11.9 Å². The van der Waals surface area contributed by atoms with Crippen molar-refractivity contribution in [1.29, 1.82) is 0 Å². The summed E-state index contributed by atoms with van der Waals surface area (Å²) in [4.78, 5) is 23.3. The lowest BCUT2D eigenvalue weighted by molar-refractivity contribution is -0.189. The zero-order valence-corrected chi connectivity index (χ0v) is 10.4. The van der Waals surface area contributed by atoms with E-state index < -0.39 is 11.6 Å². The van der Waals surface area contributed by atoms with Crippen molar-refractivity contribution in [3.8, 4) is 0 Å². The van der Waals surface area contributed by atoms with Crippen molar-refractivity contribution < 1.29 is 19.1 Å². The number of unbranched alkanes of at least 4 members (excludes halogenated alkanes) is 1. The van der Waals surface area contributed by atoms with Gasteiger partial charge in [0, 0.05) is 6.42 Å². The molecule has 0 aromatic rings. The van der Waals surface area contributed by atoms with Crippen LogP contribution >= 0.6 is 0 Å². The van der Waals surface area contributed by atoms with Gasteiger partial charge in [-0.15, -0.1) is 6.58 Å². The van der Waals surface area contributed by atoms with Gasteiger partial charge in [-0.05, 0) is 39.0 Å². The van der Waals surface area contributed by atoms with Gasteiger partial charge in [0.15, 0.2) is 0 Å². The Morgan fingerprint density at radius 3 is 3.00 bits per heavy atom. The fourth-order valence-electron chi connectivity index (χ4n) is 2.05. The first-order valence-electron chi connectivity index (χ1n) is 6.14. The van der Waals surface area contributed by atoms with E-state index in [9.17, 15) is 9.59 Å². The van der Waals surface area contributed by atoms with Gasteiger partial charge in [-0.2, -0.15) is 0 Å². The van der Waals surface area contributed by atoms with Crippen LogP contribution in [0.1, 0.15) is 45.4 Å². The number of hydrogen-bond donors (Lipinski definition) is 0. The molecule has 4 nitrogen and oxygen atoms in total. The van der Waals surface area contributed by atoms with Gasteiger partial charge in [0.2, 0.25) is 5.60 Å². The highest BCUT2D eigenvalue weighted by atomic mass is 16.6. The molecule has 0 amide bonds. The van der Waals surface area contributed by atoms with E-state index >= 15 is 0 Å². The van der Waals surface area contributed by atoms with Crippen molar-refractivity contribution in [1.82, 2.24) is 0 Å². The fourth-order valence-corrected chi connectivity index (χ4v) is 2.05. The summed E-state index contributed by atoms with van der Waals surface area (Å²) < 4.78 is 10.3. The van der Waals surface area contributed by atoms with E-state index in [0.29, 0.717) is 32.3 Å². The highest BCUT2D eigenvalue weighted by Gasteiger charge is 2.45. The first-order valence-corrected chi connectivity index (χ1v) is 6.14. The molecule has 17 heavy (non-hydrogen) atoms. The van der Waals surface area contributed by atoms with Crippen molar-refractivity contribution in [3.63, 3.8) is 0 Å². The molecule has 0 radical (unpaired) electrons. The van der Waals surface area contributed by atoms with Gasteiger partial charge in [0.05, 0.1) is 6.61 Å². The monoisotopic (exact) mass is 240 g/mol. The molecular formula is C13H20O4. The number of hydrogen-bond acceptors (Lipinski definition) is 4. The molecule has 0 saturated carbocycles. The first-order chi connectivity index (χ1) is 8.14. The molecular weight excluding hydrogens is 220 g/mol.